The van der Waals surface area contributed by atoms with Crippen molar-refractivity contribution in [3.63, 3.8) is 0 Å². The number of aromatic nitrogens is 1. The van der Waals surface area contributed by atoms with Crippen molar-refractivity contribution >= 4 is 5.91 Å². The third-order valence-corrected chi connectivity index (χ3v) is 6.66. The highest BCUT2D eigenvalue weighted by Gasteiger charge is 2.49. The van der Waals surface area contributed by atoms with Gasteiger partial charge in [-0.25, -0.2) is 0 Å². The van der Waals surface area contributed by atoms with Gasteiger partial charge in [0, 0.05) is 44.0 Å². The second kappa shape index (κ2) is 8.13. The molecule has 2 atom stereocenters. The minimum Gasteiger partial charge on any atom is -0.337 e. The quantitative estimate of drug-likeness (QED) is 0.753. The van der Waals surface area contributed by atoms with E-state index in [1.54, 1.807) is 4.90 Å². The first-order chi connectivity index (χ1) is 13.8. The van der Waals surface area contributed by atoms with Gasteiger partial charge in [-0.05, 0) is 42.2 Å². The van der Waals surface area contributed by atoms with E-state index in [2.05, 4.69) is 44.9 Å². The van der Waals surface area contributed by atoms with E-state index in [1.165, 1.54) is 0 Å². The smallest absolute Gasteiger partial charge is 0.337 e. The zero-order valence-corrected chi connectivity index (χ0v) is 18.7. The molecule has 4 nitrogen and oxygen atoms in total. The summed E-state index contributed by atoms with van der Waals surface area (Å²) < 4.78 is 39.3. The average molecular weight is 426 g/mol. The molecule has 0 spiro atoms. The van der Waals surface area contributed by atoms with Gasteiger partial charge in [0.05, 0.1) is 11.0 Å². The van der Waals surface area contributed by atoms with Crippen molar-refractivity contribution in [3.05, 3.63) is 29.1 Å². The van der Waals surface area contributed by atoms with Crippen LogP contribution in [0.1, 0.15) is 70.7 Å². The first-order valence-electron chi connectivity index (χ1n) is 10.9. The van der Waals surface area contributed by atoms with Gasteiger partial charge < -0.3 is 10.2 Å². The number of fused-ring (bicyclic) bond motifs is 1. The van der Waals surface area contributed by atoms with E-state index in [4.69, 9.17) is 0 Å². The Bertz CT molecular complexity index is 785. The normalized spacial score (nSPS) is 25.0. The van der Waals surface area contributed by atoms with Crippen LogP contribution in [-0.2, 0) is 23.9 Å². The molecule has 3 rings (SSSR count). The highest BCUT2D eigenvalue weighted by Crippen LogP contribution is 2.46. The summed E-state index contributed by atoms with van der Waals surface area (Å²) in [6.45, 7) is 12.3. The molecule has 1 amide bonds. The van der Waals surface area contributed by atoms with Gasteiger partial charge in [0.1, 0.15) is 0 Å². The molecule has 0 radical (unpaired) electrons. The molecule has 0 unspecified atom stereocenters. The lowest BCUT2D eigenvalue weighted by Crippen LogP contribution is -2.48. The van der Waals surface area contributed by atoms with Gasteiger partial charge in [-0.2, -0.15) is 13.2 Å². The largest absolute Gasteiger partial charge is 0.417 e. The predicted octanol–water partition coefficient (Wildman–Crippen LogP) is 4.82. The van der Waals surface area contributed by atoms with Crippen LogP contribution in [0.2, 0.25) is 0 Å². The molecule has 1 fully saturated rings. The molecule has 2 aliphatic rings. The minimum atomic E-state index is -4.43. The Morgan fingerprint density at radius 3 is 2.63 bits per heavy atom. The molecular formula is C23H34F3N3O. The summed E-state index contributed by atoms with van der Waals surface area (Å²) in [5, 5.41) is 3.62. The van der Waals surface area contributed by atoms with Crippen LogP contribution in [0.5, 0.6) is 0 Å². The van der Waals surface area contributed by atoms with E-state index < -0.39 is 17.2 Å². The molecule has 168 valence electrons. The first-order valence-corrected chi connectivity index (χ1v) is 10.9. The number of nitrogens with one attached hydrogen (secondary N) is 1. The molecule has 1 aliphatic heterocycles. The summed E-state index contributed by atoms with van der Waals surface area (Å²) in [4.78, 5) is 19.4. The summed E-state index contributed by atoms with van der Waals surface area (Å²) >= 11 is 0. The molecule has 30 heavy (non-hydrogen) atoms. The molecular weight excluding hydrogens is 391 g/mol. The summed E-state index contributed by atoms with van der Waals surface area (Å²) in [6, 6.07) is 1.46. The number of halogens is 3. The number of rotatable bonds is 4. The molecule has 1 aliphatic carbocycles. The van der Waals surface area contributed by atoms with Crippen LogP contribution in [-0.4, -0.2) is 34.9 Å². The van der Waals surface area contributed by atoms with Gasteiger partial charge in [0.2, 0.25) is 5.91 Å². The molecule has 1 saturated carbocycles. The number of nitrogens with zero attached hydrogens (tertiary/aromatic N) is 2. The molecule has 0 aromatic carbocycles. The highest BCUT2D eigenvalue weighted by molar-refractivity contribution is 5.83. The second-order valence-corrected chi connectivity index (χ2v) is 10.5. The lowest BCUT2D eigenvalue weighted by Gasteiger charge is -2.39. The fraction of sp³-hybridized carbons (Fsp3) is 0.739. The average Bonchev–Trinajstić information content (AvgIpc) is 3.09. The van der Waals surface area contributed by atoms with Gasteiger partial charge in [-0.1, -0.05) is 34.6 Å². The third kappa shape index (κ3) is 4.82. The van der Waals surface area contributed by atoms with E-state index >= 15 is 0 Å². The van der Waals surface area contributed by atoms with Crippen molar-refractivity contribution in [3.8, 4) is 0 Å². The second-order valence-electron chi connectivity index (χ2n) is 10.5. The monoisotopic (exact) mass is 425 g/mol. The number of carbonyl (C=O) groups is 1. The van der Waals surface area contributed by atoms with Crippen molar-refractivity contribution in [1.29, 1.82) is 0 Å². The van der Waals surface area contributed by atoms with Crippen LogP contribution in [0.25, 0.3) is 0 Å². The Kier molecular flexibility index (Phi) is 6.25. The zero-order valence-electron chi connectivity index (χ0n) is 18.7. The fourth-order valence-electron chi connectivity index (χ4n) is 4.74. The molecule has 0 bridgehead atoms. The molecule has 0 saturated heterocycles. The van der Waals surface area contributed by atoms with Gasteiger partial charge in [0.25, 0.3) is 0 Å². The van der Waals surface area contributed by atoms with Crippen LogP contribution in [0.3, 0.4) is 0 Å². The van der Waals surface area contributed by atoms with Crippen molar-refractivity contribution in [1.82, 2.24) is 15.2 Å². The van der Waals surface area contributed by atoms with Gasteiger partial charge in [-0.15, -0.1) is 0 Å². The van der Waals surface area contributed by atoms with Crippen molar-refractivity contribution < 1.29 is 18.0 Å². The SMILES string of the molecule is CC(C)[C@]1(C(=O)N2CCc3ncc(C(F)(F)F)cc3C2)CC[C@@H](NCC(C)(C)C)C1. The van der Waals surface area contributed by atoms with Crippen LogP contribution in [0.4, 0.5) is 13.2 Å². The van der Waals surface area contributed by atoms with E-state index in [0.29, 0.717) is 30.3 Å². The summed E-state index contributed by atoms with van der Waals surface area (Å²) in [5.41, 5.74) is 0.154. The van der Waals surface area contributed by atoms with E-state index in [9.17, 15) is 18.0 Å². The maximum absolute atomic E-state index is 13.7. The van der Waals surface area contributed by atoms with E-state index in [0.717, 1.165) is 38.1 Å². The number of hydrogen-bond donors (Lipinski definition) is 1. The lowest BCUT2D eigenvalue weighted by molar-refractivity contribution is -0.145. The number of amides is 1. The number of carbonyl (C=O) groups excluding carboxylic acids is 1. The molecule has 1 aromatic rings. The Hall–Kier alpha value is -1.63. The first kappa shape index (κ1) is 23.0. The van der Waals surface area contributed by atoms with Gasteiger partial charge >= 0.3 is 6.18 Å². The van der Waals surface area contributed by atoms with Gasteiger partial charge in [0.15, 0.2) is 0 Å². The molecule has 7 heteroatoms. The maximum Gasteiger partial charge on any atom is 0.417 e. The van der Waals surface area contributed by atoms with E-state index in [-0.39, 0.29) is 23.8 Å². The summed E-state index contributed by atoms with van der Waals surface area (Å²) in [5.74, 6) is 0.257. The van der Waals surface area contributed by atoms with Crippen LogP contribution in [0.15, 0.2) is 12.3 Å². The third-order valence-electron chi connectivity index (χ3n) is 6.66. The van der Waals surface area contributed by atoms with Crippen molar-refractivity contribution in [2.24, 2.45) is 16.7 Å². The minimum absolute atomic E-state index is 0.0839. The maximum atomic E-state index is 13.7. The van der Waals surface area contributed by atoms with Crippen LogP contribution >= 0.6 is 0 Å². The Morgan fingerprint density at radius 1 is 1.33 bits per heavy atom. The Labute approximate surface area is 177 Å². The van der Waals surface area contributed by atoms with Gasteiger partial charge in [-0.3, -0.25) is 9.78 Å². The zero-order chi connectivity index (χ0) is 22.3. The summed E-state index contributed by atoms with van der Waals surface area (Å²) in [7, 11) is 0. The lowest BCUT2D eigenvalue weighted by atomic mass is 9.74. The van der Waals surface area contributed by atoms with Crippen molar-refractivity contribution in [2.45, 2.75) is 79.1 Å². The molecule has 1 aromatic heterocycles. The molecule has 2 heterocycles. The van der Waals surface area contributed by atoms with Crippen LogP contribution < -0.4 is 5.32 Å². The Morgan fingerprint density at radius 2 is 2.03 bits per heavy atom. The number of hydrogen-bond acceptors (Lipinski definition) is 3. The Balaban J connectivity index is 1.76. The summed E-state index contributed by atoms with van der Waals surface area (Å²) in [6.07, 6.45) is -0.484. The predicted molar refractivity (Wildman–Crippen MR) is 111 cm³/mol. The van der Waals surface area contributed by atoms with Crippen LogP contribution in [0, 0.1) is 16.7 Å². The standard InChI is InChI=1S/C23H34F3N3O/c1-15(2)22(8-6-18(11-22)28-14-21(3,4)5)20(30)29-9-7-19-16(13-29)10-17(12-27-19)23(24,25)26/h10,12,15,18,28H,6-9,11,13-14H2,1-5H3/t18-,22+/m1/s1. The fourth-order valence-corrected chi connectivity index (χ4v) is 4.74. The topological polar surface area (TPSA) is 45.2 Å². The van der Waals surface area contributed by atoms with Crippen molar-refractivity contribution in [2.75, 3.05) is 13.1 Å². The highest BCUT2D eigenvalue weighted by atomic mass is 19.4. The van der Waals surface area contributed by atoms with E-state index in [1.807, 2.05) is 0 Å². The molecule has 1 N–H and O–H groups in total. The number of pyridine rings is 1. The number of alkyl halides is 3.